The molecule has 38 heavy (non-hydrogen) atoms. The SMILES string of the molecule is CCOc1ccc(N(CCCC(=O)N(Cc2ccc(F)cc2)[C@@H](CC)C(=O)NC(C)(C)C)S(C)(=O)=O)cc1. The Kier molecular flexibility index (Phi) is 11.1. The van der Waals surface area contributed by atoms with Gasteiger partial charge in [-0.25, -0.2) is 12.8 Å². The topological polar surface area (TPSA) is 96.0 Å². The lowest BCUT2D eigenvalue weighted by molar-refractivity contribution is -0.142. The number of halogens is 1. The van der Waals surface area contributed by atoms with Gasteiger partial charge in [-0.1, -0.05) is 19.1 Å². The normalized spacial score (nSPS) is 12.5. The summed E-state index contributed by atoms with van der Waals surface area (Å²) < 4.78 is 45.2. The van der Waals surface area contributed by atoms with Crippen molar-refractivity contribution in [1.82, 2.24) is 10.2 Å². The molecule has 2 aromatic carbocycles. The molecular weight excluding hydrogens is 509 g/mol. The van der Waals surface area contributed by atoms with E-state index in [4.69, 9.17) is 4.74 Å². The van der Waals surface area contributed by atoms with Gasteiger partial charge >= 0.3 is 0 Å². The average Bonchev–Trinajstić information content (AvgIpc) is 2.82. The number of carbonyl (C=O) groups is 2. The van der Waals surface area contributed by atoms with E-state index in [-0.39, 0.29) is 43.6 Å². The number of nitrogens with zero attached hydrogens (tertiary/aromatic N) is 2. The van der Waals surface area contributed by atoms with Gasteiger partial charge in [0.15, 0.2) is 0 Å². The van der Waals surface area contributed by atoms with E-state index in [9.17, 15) is 22.4 Å². The van der Waals surface area contributed by atoms with Crippen molar-refractivity contribution in [2.24, 2.45) is 0 Å². The highest BCUT2D eigenvalue weighted by Gasteiger charge is 2.30. The summed E-state index contributed by atoms with van der Waals surface area (Å²) in [6, 6.07) is 11.8. The summed E-state index contributed by atoms with van der Waals surface area (Å²) in [7, 11) is -3.60. The van der Waals surface area contributed by atoms with Crippen LogP contribution >= 0.6 is 0 Å². The van der Waals surface area contributed by atoms with Crippen LogP contribution in [0.1, 0.15) is 59.4 Å². The lowest BCUT2D eigenvalue weighted by Gasteiger charge is -2.33. The number of rotatable bonds is 13. The zero-order valence-corrected chi connectivity index (χ0v) is 24.0. The number of sulfonamides is 1. The lowest BCUT2D eigenvalue weighted by atomic mass is 10.0. The molecule has 2 amide bonds. The zero-order valence-electron chi connectivity index (χ0n) is 23.2. The van der Waals surface area contributed by atoms with E-state index in [0.717, 1.165) is 6.26 Å². The van der Waals surface area contributed by atoms with Gasteiger partial charge in [0.05, 0.1) is 18.6 Å². The molecule has 10 heteroatoms. The van der Waals surface area contributed by atoms with Gasteiger partial charge < -0.3 is 15.0 Å². The second-order valence-electron chi connectivity index (χ2n) is 10.2. The minimum atomic E-state index is -3.60. The van der Waals surface area contributed by atoms with Crippen molar-refractivity contribution in [2.45, 2.75) is 72.0 Å². The number of amides is 2. The van der Waals surface area contributed by atoms with Gasteiger partial charge in [0.25, 0.3) is 0 Å². The fourth-order valence-corrected chi connectivity index (χ4v) is 5.00. The second-order valence-corrected chi connectivity index (χ2v) is 12.1. The first-order valence-corrected chi connectivity index (χ1v) is 14.7. The summed E-state index contributed by atoms with van der Waals surface area (Å²) >= 11 is 0. The Morgan fingerprint density at radius 2 is 1.63 bits per heavy atom. The van der Waals surface area contributed by atoms with E-state index >= 15 is 0 Å². The Morgan fingerprint density at radius 1 is 1.03 bits per heavy atom. The Bertz CT molecular complexity index is 1160. The molecule has 210 valence electrons. The summed E-state index contributed by atoms with van der Waals surface area (Å²) in [6.45, 7) is 10.0. The molecule has 0 aromatic heterocycles. The summed E-state index contributed by atoms with van der Waals surface area (Å²) in [5, 5.41) is 2.94. The van der Waals surface area contributed by atoms with Crippen molar-refractivity contribution < 1.29 is 27.1 Å². The van der Waals surface area contributed by atoms with Crippen LogP contribution in [0.3, 0.4) is 0 Å². The van der Waals surface area contributed by atoms with E-state index in [0.29, 0.717) is 30.0 Å². The minimum Gasteiger partial charge on any atom is -0.494 e. The highest BCUT2D eigenvalue weighted by molar-refractivity contribution is 7.92. The van der Waals surface area contributed by atoms with Crippen molar-refractivity contribution in [3.05, 3.63) is 59.9 Å². The molecule has 2 aromatic rings. The number of benzene rings is 2. The van der Waals surface area contributed by atoms with Crippen LogP contribution < -0.4 is 14.4 Å². The van der Waals surface area contributed by atoms with Crippen molar-refractivity contribution in [1.29, 1.82) is 0 Å². The summed E-state index contributed by atoms with van der Waals surface area (Å²) in [5.74, 6) is -0.317. The van der Waals surface area contributed by atoms with Crippen molar-refractivity contribution in [2.75, 3.05) is 23.7 Å². The molecule has 0 unspecified atom stereocenters. The van der Waals surface area contributed by atoms with Crippen LogP contribution in [0.25, 0.3) is 0 Å². The molecule has 0 bridgehead atoms. The molecule has 0 saturated carbocycles. The van der Waals surface area contributed by atoms with Gasteiger partial charge in [-0.2, -0.15) is 0 Å². The zero-order chi connectivity index (χ0) is 28.5. The Balaban J connectivity index is 2.21. The molecule has 0 saturated heterocycles. The van der Waals surface area contributed by atoms with Gasteiger partial charge in [0.2, 0.25) is 21.8 Å². The third-order valence-electron chi connectivity index (χ3n) is 5.74. The van der Waals surface area contributed by atoms with Crippen LogP contribution in [0.2, 0.25) is 0 Å². The maximum Gasteiger partial charge on any atom is 0.243 e. The highest BCUT2D eigenvalue weighted by Crippen LogP contribution is 2.23. The standard InChI is InChI=1S/C28H40FN3O5S/c1-7-25(27(34)30-28(3,4)5)31(20-21-11-13-22(29)14-12-21)26(33)10-9-19-32(38(6,35)36)23-15-17-24(18-16-23)37-8-2/h11-18,25H,7-10,19-20H2,1-6H3,(H,30,34)/t25-/m0/s1. The summed E-state index contributed by atoms with van der Waals surface area (Å²) in [6.07, 6.45) is 1.78. The van der Waals surface area contributed by atoms with Gasteiger partial charge in [0.1, 0.15) is 17.6 Å². The third kappa shape index (κ3) is 9.63. The average molecular weight is 550 g/mol. The summed E-state index contributed by atoms with van der Waals surface area (Å²) in [5.41, 5.74) is 0.680. The second kappa shape index (κ2) is 13.6. The first kappa shape index (κ1) is 31.1. The highest BCUT2D eigenvalue weighted by atomic mass is 32.2. The molecule has 0 aliphatic heterocycles. The van der Waals surface area contributed by atoms with Crippen LogP contribution in [-0.4, -0.2) is 56.1 Å². The van der Waals surface area contributed by atoms with Crippen LogP contribution in [0.5, 0.6) is 5.75 Å². The molecule has 0 heterocycles. The first-order valence-electron chi connectivity index (χ1n) is 12.8. The molecule has 0 fully saturated rings. The molecular formula is C28H40FN3O5S. The van der Waals surface area contributed by atoms with Crippen LogP contribution in [0, 0.1) is 5.82 Å². The Hall–Kier alpha value is -3.14. The van der Waals surface area contributed by atoms with Gasteiger partial charge in [-0.3, -0.25) is 13.9 Å². The van der Waals surface area contributed by atoms with E-state index in [2.05, 4.69) is 5.32 Å². The molecule has 1 atom stereocenters. The third-order valence-corrected chi connectivity index (χ3v) is 6.93. The van der Waals surface area contributed by atoms with Gasteiger partial charge in [-0.05, 0) is 82.5 Å². The maximum atomic E-state index is 13.5. The number of carbonyl (C=O) groups excluding carboxylic acids is 2. The molecule has 8 nitrogen and oxygen atoms in total. The molecule has 0 aliphatic rings. The van der Waals surface area contributed by atoms with E-state index in [1.54, 1.807) is 36.4 Å². The van der Waals surface area contributed by atoms with Crippen LogP contribution in [0.15, 0.2) is 48.5 Å². The van der Waals surface area contributed by atoms with Crippen molar-refractivity contribution in [3.63, 3.8) is 0 Å². The predicted molar refractivity (Wildman–Crippen MR) is 148 cm³/mol. The van der Waals surface area contributed by atoms with Crippen LogP contribution in [-0.2, 0) is 26.2 Å². The fourth-order valence-electron chi connectivity index (χ4n) is 4.04. The Morgan fingerprint density at radius 3 is 2.13 bits per heavy atom. The van der Waals surface area contributed by atoms with Gasteiger partial charge in [0, 0.05) is 25.0 Å². The van der Waals surface area contributed by atoms with E-state index in [1.807, 2.05) is 34.6 Å². The maximum absolute atomic E-state index is 13.5. The fraction of sp³-hybridized carbons (Fsp3) is 0.500. The van der Waals surface area contributed by atoms with Crippen LogP contribution in [0.4, 0.5) is 10.1 Å². The Labute approximate surface area is 226 Å². The minimum absolute atomic E-state index is 0.0313. The monoisotopic (exact) mass is 549 g/mol. The van der Waals surface area contributed by atoms with Crippen molar-refractivity contribution in [3.8, 4) is 5.75 Å². The molecule has 1 N–H and O–H groups in total. The summed E-state index contributed by atoms with van der Waals surface area (Å²) in [4.78, 5) is 28.0. The number of anilines is 1. The van der Waals surface area contributed by atoms with Gasteiger partial charge in [-0.15, -0.1) is 0 Å². The molecule has 0 aliphatic carbocycles. The molecule has 0 spiro atoms. The van der Waals surface area contributed by atoms with Crippen molar-refractivity contribution >= 4 is 27.5 Å². The first-order chi connectivity index (χ1) is 17.7. The lowest BCUT2D eigenvalue weighted by Crippen LogP contribution is -2.53. The number of hydrogen-bond acceptors (Lipinski definition) is 5. The quantitative estimate of drug-likeness (QED) is 0.397. The number of hydrogen-bond donors (Lipinski definition) is 1. The number of nitrogens with one attached hydrogen (secondary N) is 1. The largest absolute Gasteiger partial charge is 0.494 e. The number of ether oxygens (including phenoxy) is 1. The predicted octanol–water partition coefficient (Wildman–Crippen LogP) is 4.49. The van der Waals surface area contributed by atoms with E-state index < -0.39 is 21.6 Å². The molecule has 2 rings (SSSR count). The molecule has 0 radical (unpaired) electrons. The smallest absolute Gasteiger partial charge is 0.243 e. The van der Waals surface area contributed by atoms with E-state index in [1.165, 1.54) is 21.3 Å².